The number of hydrogen-bond acceptors (Lipinski definition) is 2. The molecule has 0 fully saturated rings. The highest BCUT2D eigenvalue weighted by molar-refractivity contribution is 5.97. The van der Waals surface area contributed by atoms with Crippen LogP contribution >= 0.6 is 0 Å². The fraction of sp³-hybridized carbons (Fsp3) is 0.579. The molecule has 0 radical (unpaired) electrons. The number of amides is 1. The SMILES string of the molecule is CCCCCCCCc1cccc(C(=O)NC(C)C(C)=N)c1. The van der Waals surface area contributed by atoms with E-state index in [-0.39, 0.29) is 11.9 Å². The van der Waals surface area contributed by atoms with Crippen molar-refractivity contribution in [2.75, 3.05) is 0 Å². The van der Waals surface area contributed by atoms with Gasteiger partial charge in [0.05, 0.1) is 6.04 Å². The number of nitrogens with one attached hydrogen (secondary N) is 2. The van der Waals surface area contributed by atoms with E-state index < -0.39 is 0 Å². The monoisotopic (exact) mass is 302 g/mol. The normalized spacial score (nSPS) is 12.0. The molecule has 0 saturated heterocycles. The van der Waals surface area contributed by atoms with Crippen molar-refractivity contribution < 1.29 is 4.79 Å². The second-order valence-corrected chi connectivity index (χ2v) is 6.10. The largest absolute Gasteiger partial charge is 0.344 e. The number of hydrogen-bond donors (Lipinski definition) is 2. The molecule has 3 nitrogen and oxygen atoms in total. The Bertz CT molecular complexity index is 482. The Morgan fingerprint density at radius 3 is 2.55 bits per heavy atom. The quantitative estimate of drug-likeness (QED) is 0.475. The Kier molecular flexibility index (Phi) is 8.49. The number of benzene rings is 1. The van der Waals surface area contributed by atoms with Crippen LogP contribution < -0.4 is 5.32 Å². The summed E-state index contributed by atoms with van der Waals surface area (Å²) in [5.74, 6) is -0.0936. The lowest BCUT2D eigenvalue weighted by Crippen LogP contribution is -2.37. The maximum Gasteiger partial charge on any atom is 0.251 e. The molecule has 0 aliphatic heterocycles. The van der Waals surface area contributed by atoms with Crippen LogP contribution in [0.2, 0.25) is 0 Å². The van der Waals surface area contributed by atoms with Gasteiger partial charge in [-0.3, -0.25) is 4.79 Å². The van der Waals surface area contributed by atoms with Gasteiger partial charge in [0.15, 0.2) is 0 Å². The first-order valence-corrected chi connectivity index (χ1v) is 8.49. The lowest BCUT2D eigenvalue weighted by atomic mass is 10.0. The molecule has 122 valence electrons. The van der Waals surface area contributed by atoms with E-state index in [0.717, 1.165) is 6.42 Å². The van der Waals surface area contributed by atoms with Crippen molar-refractivity contribution >= 4 is 11.6 Å². The maximum atomic E-state index is 12.2. The number of carbonyl (C=O) groups is 1. The number of aryl methyl sites for hydroxylation is 1. The van der Waals surface area contributed by atoms with E-state index in [4.69, 9.17) is 5.41 Å². The van der Waals surface area contributed by atoms with E-state index in [1.165, 1.54) is 44.1 Å². The summed E-state index contributed by atoms with van der Waals surface area (Å²) in [5.41, 5.74) is 2.38. The first-order chi connectivity index (χ1) is 10.5. The highest BCUT2D eigenvalue weighted by atomic mass is 16.1. The summed E-state index contributed by atoms with van der Waals surface area (Å²) < 4.78 is 0. The Morgan fingerprint density at radius 1 is 1.18 bits per heavy atom. The van der Waals surface area contributed by atoms with Crippen molar-refractivity contribution in [3.8, 4) is 0 Å². The minimum atomic E-state index is -0.213. The van der Waals surface area contributed by atoms with Gasteiger partial charge in [-0.15, -0.1) is 0 Å². The summed E-state index contributed by atoms with van der Waals surface area (Å²) in [5, 5.41) is 10.4. The molecule has 0 saturated carbocycles. The summed E-state index contributed by atoms with van der Waals surface area (Å²) in [6.45, 7) is 5.78. The zero-order valence-electron chi connectivity index (χ0n) is 14.2. The Hall–Kier alpha value is -1.64. The smallest absolute Gasteiger partial charge is 0.251 e. The van der Waals surface area contributed by atoms with Crippen molar-refractivity contribution in [3.63, 3.8) is 0 Å². The molecule has 1 unspecified atom stereocenters. The second-order valence-electron chi connectivity index (χ2n) is 6.10. The molecule has 0 aliphatic carbocycles. The number of unbranched alkanes of at least 4 members (excludes halogenated alkanes) is 5. The van der Waals surface area contributed by atoms with Crippen LogP contribution in [-0.2, 0) is 6.42 Å². The van der Waals surface area contributed by atoms with Gasteiger partial charge in [-0.1, -0.05) is 51.2 Å². The van der Waals surface area contributed by atoms with Gasteiger partial charge >= 0.3 is 0 Å². The van der Waals surface area contributed by atoms with Crippen LogP contribution in [0.25, 0.3) is 0 Å². The zero-order valence-corrected chi connectivity index (χ0v) is 14.2. The van der Waals surface area contributed by atoms with Crippen molar-refractivity contribution in [1.29, 1.82) is 5.41 Å². The summed E-state index contributed by atoms with van der Waals surface area (Å²) in [6.07, 6.45) is 8.74. The van der Waals surface area contributed by atoms with Gasteiger partial charge in [0, 0.05) is 11.3 Å². The number of rotatable bonds is 10. The fourth-order valence-electron chi connectivity index (χ4n) is 2.37. The van der Waals surface area contributed by atoms with Crippen molar-refractivity contribution in [3.05, 3.63) is 35.4 Å². The zero-order chi connectivity index (χ0) is 16.4. The Morgan fingerprint density at radius 2 is 1.86 bits per heavy atom. The third-order valence-electron chi connectivity index (χ3n) is 4.01. The predicted molar refractivity (Wildman–Crippen MR) is 93.9 cm³/mol. The van der Waals surface area contributed by atoms with Gasteiger partial charge in [0.2, 0.25) is 0 Å². The fourth-order valence-corrected chi connectivity index (χ4v) is 2.37. The van der Waals surface area contributed by atoms with Gasteiger partial charge in [-0.05, 0) is 44.4 Å². The molecule has 0 spiro atoms. The van der Waals surface area contributed by atoms with Crippen LogP contribution in [0.1, 0.15) is 75.2 Å². The summed E-state index contributed by atoms with van der Waals surface area (Å²) in [7, 11) is 0. The van der Waals surface area contributed by atoms with Gasteiger partial charge < -0.3 is 10.7 Å². The molecule has 22 heavy (non-hydrogen) atoms. The van der Waals surface area contributed by atoms with E-state index in [1.807, 2.05) is 25.1 Å². The van der Waals surface area contributed by atoms with E-state index in [9.17, 15) is 4.79 Å². The number of carbonyl (C=O) groups excluding carboxylic acids is 1. The molecule has 3 heteroatoms. The van der Waals surface area contributed by atoms with Crippen molar-refractivity contribution in [1.82, 2.24) is 5.32 Å². The third-order valence-corrected chi connectivity index (χ3v) is 4.01. The van der Waals surface area contributed by atoms with E-state index in [1.54, 1.807) is 6.92 Å². The molecule has 0 aliphatic rings. The van der Waals surface area contributed by atoms with Crippen LogP contribution in [-0.4, -0.2) is 17.7 Å². The lowest BCUT2D eigenvalue weighted by Gasteiger charge is -2.13. The first kappa shape index (κ1) is 18.4. The predicted octanol–water partition coefficient (Wildman–Crippen LogP) is 4.75. The summed E-state index contributed by atoms with van der Waals surface area (Å²) in [4.78, 5) is 12.2. The van der Waals surface area contributed by atoms with Crippen LogP contribution in [0.3, 0.4) is 0 Å². The van der Waals surface area contributed by atoms with Crippen molar-refractivity contribution in [2.45, 2.75) is 71.8 Å². The average Bonchev–Trinajstić information content (AvgIpc) is 2.50. The summed E-state index contributed by atoms with van der Waals surface area (Å²) >= 11 is 0. The molecule has 1 amide bonds. The summed E-state index contributed by atoms with van der Waals surface area (Å²) in [6, 6.07) is 7.64. The van der Waals surface area contributed by atoms with Gasteiger partial charge in [0.25, 0.3) is 5.91 Å². The highest BCUT2D eigenvalue weighted by Gasteiger charge is 2.11. The van der Waals surface area contributed by atoms with Crippen LogP contribution in [0.5, 0.6) is 0 Å². The lowest BCUT2D eigenvalue weighted by molar-refractivity contribution is 0.0949. The van der Waals surface area contributed by atoms with Crippen LogP contribution in [0, 0.1) is 5.41 Å². The van der Waals surface area contributed by atoms with Gasteiger partial charge in [-0.25, -0.2) is 0 Å². The molecule has 1 atom stereocenters. The molecule has 1 aromatic rings. The van der Waals surface area contributed by atoms with E-state index in [2.05, 4.69) is 18.3 Å². The topological polar surface area (TPSA) is 53.0 Å². The minimum Gasteiger partial charge on any atom is -0.344 e. The van der Waals surface area contributed by atoms with Gasteiger partial charge in [-0.2, -0.15) is 0 Å². The average molecular weight is 302 g/mol. The Labute approximate surface area is 135 Å². The van der Waals surface area contributed by atoms with E-state index >= 15 is 0 Å². The minimum absolute atomic E-state index is 0.0936. The van der Waals surface area contributed by atoms with E-state index in [0.29, 0.717) is 11.3 Å². The maximum absolute atomic E-state index is 12.2. The molecular weight excluding hydrogens is 272 g/mol. The van der Waals surface area contributed by atoms with Crippen molar-refractivity contribution in [2.24, 2.45) is 0 Å². The third kappa shape index (κ3) is 6.88. The highest BCUT2D eigenvalue weighted by Crippen LogP contribution is 2.12. The first-order valence-electron chi connectivity index (χ1n) is 8.49. The molecule has 1 rings (SSSR count). The molecule has 2 N–H and O–H groups in total. The standard InChI is InChI=1S/C19H30N2O/c1-4-5-6-7-8-9-11-17-12-10-13-18(14-17)19(22)21-16(3)15(2)20/h10,12-14,16,20H,4-9,11H2,1-3H3,(H,21,22). The second kappa shape index (κ2) is 10.1. The molecule has 0 heterocycles. The molecule has 0 aromatic heterocycles. The van der Waals surface area contributed by atoms with Gasteiger partial charge in [0.1, 0.15) is 0 Å². The molecule has 0 bridgehead atoms. The van der Waals surface area contributed by atoms with Crippen LogP contribution in [0.4, 0.5) is 0 Å². The Balaban J connectivity index is 2.44. The van der Waals surface area contributed by atoms with Crippen LogP contribution in [0.15, 0.2) is 24.3 Å². The molecular formula is C19H30N2O. The molecule has 1 aromatic carbocycles.